The molecule has 0 atom stereocenters. The van der Waals surface area contributed by atoms with Gasteiger partial charge in [-0.3, -0.25) is 4.79 Å². The summed E-state index contributed by atoms with van der Waals surface area (Å²) < 4.78 is 0.864. The fourth-order valence-electron chi connectivity index (χ4n) is 2.64. The summed E-state index contributed by atoms with van der Waals surface area (Å²) in [4.78, 5) is 12.3. The van der Waals surface area contributed by atoms with E-state index < -0.39 is 0 Å². The highest BCUT2D eigenvalue weighted by Gasteiger charge is 2.26. The largest absolute Gasteiger partial charge is 0.330 e. The lowest BCUT2D eigenvalue weighted by Crippen LogP contribution is -2.29. The quantitative estimate of drug-likeness (QED) is 0.853. The molecule has 0 radical (unpaired) electrons. The molecule has 5 heteroatoms. The van der Waals surface area contributed by atoms with E-state index in [1.165, 1.54) is 0 Å². The Labute approximate surface area is 133 Å². The molecule has 20 heavy (non-hydrogen) atoms. The molecule has 3 nitrogen and oxygen atoms in total. The van der Waals surface area contributed by atoms with Crippen molar-refractivity contribution in [3.05, 3.63) is 27.2 Å². The van der Waals surface area contributed by atoms with Gasteiger partial charge in [0.05, 0.1) is 5.69 Å². The van der Waals surface area contributed by atoms with Crippen molar-refractivity contribution < 1.29 is 4.79 Å². The summed E-state index contributed by atoms with van der Waals surface area (Å²) >= 11 is 9.57. The maximum Gasteiger partial charge on any atom is 0.227 e. The van der Waals surface area contributed by atoms with Crippen LogP contribution in [0.15, 0.2) is 16.6 Å². The average molecular weight is 360 g/mol. The van der Waals surface area contributed by atoms with E-state index in [9.17, 15) is 4.79 Å². The van der Waals surface area contributed by atoms with Crippen LogP contribution in [0.25, 0.3) is 0 Å². The zero-order chi connectivity index (χ0) is 14.7. The van der Waals surface area contributed by atoms with Gasteiger partial charge in [-0.2, -0.15) is 0 Å². The number of hydrogen-bond acceptors (Lipinski definition) is 2. The monoisotopic (exact) mass is 358 g/mol. The van der Waals surface area contributed by atoms with Gasteiger partial charge < -0.3 is 11.1 Å². The molecule has 1 fully saturated rings. The fraction of sp³-hybridized carbons (Fsp3) is 0.533. The van der Waals surface area contributed by atoms with Gasteiger partial charge in [0, 0.05) is 15.4 Å². The lowest BCUT2D eigenvalue weighted by Gasteiger charge is -2.27. The molecule has 1 saturated carbocycles. The van der Waals surface area contributed by atoms with E-state index in [1.807, 2.05) is 13.0 Å². The summed E-state index contributed by atoms with van der Waals surface area (Å²) in [5, 5.41) is 3.64. The molecular formula is C15H20BrClN2O. The molecule has 1 amide bonds. The number of carbonyl (C=O) groups excluding carboxylic acids is 1. The second kappa shape index (κ2) is 6.92. The van der Waals surface area contributed by atoms with Crippen LogP contribution in [0.5, 0.6) is 0 Å². The van der Waals surface area contributed by atoms with E-state index in [-0.39, 0.29) is 11.8 Å². The summed E-state index contributed by atoms with van der Waals surface area (Å²) in [7, 11) is 0. The van der Waals surface area contributed by atoms with Gasteiger partial charge in [-0.1, -0.05) is 11.6 Å². The minimum absolute atomic E-state index is 0.0843. The van der Waals surface area contributed by atoms with Crippen LogP contribution in [-0.4, -0.2) is 12.5 Å². The topological polar surface area (TPSA) is 55.1 Å². The smallest absolute Gasteiger partial charge is 0.227 e. The Kier molecular flexibility index (Phi) is 5.47. The highest BCUT2D eigenvalue weighted by molar-refractivity contribution is 9.10. The number of nitrogens with two attached hydrogens (primary N) is 1. The molecule has 110 valence electrons. The van der Waals surface area contributed by atoms with Crippen LogP contribution in [0, 0.1) is 18.8 Å². The number of hydrogen-bond donors (Lipinski definition) is 2. The molecule has 0 bridgehead atoms. The standard InChI is InChI=1S/C15H20BrClN2O/c1-9-6-12(16)14(7-13(9)17)19-15(20)11-4-2-10(8-18)3-5-11/h6-7,10-11H,2-5,8,18H2,1H3,(H,19,20). The van der Waals surface area contributed by atoms with E-state index in [1.54, 1.807) is 6.07 Å². The third-order valence-corrected chi connectivity index (χ3v) is 5.12. The highest BCUT2D eigenvalue weighted by atomic mass is 79.9. The average Bonchev–Trinajstić information content (AvgIpc) is 2.44. The van der Waals surface area contributed by atoms with Gasteiger partial charge in [-0.05, 0) is 78.7 Å². The van der Waals surface area contributed by atoms with Gasteiger partial charge in [-0.25, -0.2) is 0 Å². The van der Waals surface area contributed by atoms with Crippen molar-refractivity contribution in [3.8, 4) is 0 Å². The molecule has 1 aromatic carbocycles. The van der Waals surface area contributed by atoms with Gasteiger partial charge in [0.15, 0.2) is 0 Å². The van der Waals surface area contributed by atoms with Crippen molar-refractivity contribution >= 4 is 39.1 Å². The predicted molar refractivity (Wildman–Crippen MR) is 87.0 cm³/mol. The maximum absolute atomic E-state index is 12.3. The molecule has 1 aliphatic rings. The van der Waals surface area contributed by atoms with E-state index in [0.717, 1.165) is 48.0 Å². The molecule has 1 aromatic rings. The molecule has 0 unspecified atom stereocenters. The van der Waals surface area contributed by atoms with Crippen LogP contribution in [0.4, 0.5) is 5.69 Å². The Morgan fingerprint density at radius 1 is 1.40 bits per heavy atom. The van der Waals surface area contributed by atoms with Crippen molar-refractivity contribution in [2.75, 3.05) is 11.9 Å². The lowest BCUT2D eigenvalue weighted by atomic mass is 9.81. The van der Waals surface area contributed by atoms with Crippen molar-refractivity contribution in [2.45, 2.75) is 32.6 Å². The normalized spacial score (nSPS) is 22.6. The van der Waals surface area contributed by atoms with Crippen LogP contribution in [-0.2, 0) is 4.79 Å². The second-order valence-corrected chi connectivity index (χ2v) is 6.79. The summed E-state index contributed by atoms with van der Waals surface area (Å²) in [6, 6.07) is 3.72. The number of benzene rings is 1. The number of aryl methyl sites for hydroxylation is 1. The Balaban J connectivity index is 2.00. The Bertz CT molecular complexity index is 499. The van der Waals surface area contributed by atoms with Crippen LogP contribution in [0.2, 0.25) is 5.02 Å². The third kappa shape index (κ3) is 3.74. The minimum Gasteiger partial charge on any atom is -0.330 e. The summed E-state index contributed by atoms with van der Waals surface area (Å²) in [5.41, 5.74) is 7.41. The van der Waals surface area contributed by atoms with Gasteiger partial charge in [0.25, 0.3) is 0 Å². The first-order valence-corrected chi connectivity index (χ1v) is 8.15. The van der Waals surface area contributed by atoms with E-state index in [4.69, 9.17) is 17.3 Å². The molecule has 0 saturated heterocycles. The second-order valence-electron chi connectivity index (χ2n) is 5.52. The zero-order valence-electron chi connectivity index (χ0n) is 11.6. The number of halogens is 2. The molecule has 2 rings (SSSR count). The highest BCUT2D eigenvalue weighted by Crippen LogP contribution is 2.32. The maximum atomic E-state index is 12.3. The first-order chi connectivity index (χ1) is 9.51. The van der Waals surface area contributed by atoms with Gasteiger partial charge in [0.2, 0.25) is 5.91 Å². The Morgan fingerprint density at radius 2 is 2.05 bits per heavy atom. The number of nitrogens with one attached hydrogen (secondary N) is 1. The number of rotatable bonds is 3. The van der Waals surface area contributed by atoms with Crippen LogP contribution in [0.3, 0.4) is 0 Å². The van der Waals surface area contributed by atoms with Crippen LogP contribution in [0.1, 0.15) is 31.2 Å². The summed E-state index contributed by atoms with van der Waals surface area (Å²) in [6.45, 7) is 2.67. The molecular weight excluding hydrogens is 340 g/mol. The molecule has 0 aromatic heterocycles. The molecule has 0 spiro atoms. The number of amides is 1. The van der Waals surface area contributed by atoms with Crippen molar-refractivity contribution in [3.63, 3.8) is 0 Å². The van der Waals surface area contributed by atoms with Gasteiger partial charge in [0.1, 0.15) is 0 Å². The van der Waals surface area contributed by atoms with Crippen LogP contribution < -0.4 is 11.1 Å². The first-order valence-electron chi connectivity index (χ1n) is 6.97. The zero-order valence-corrected chi connectivity index (χ0v) is 13.9. The van der Waals surface area contributed by atoms with Gasteiger partial charge >= 0.3 is 0 Å². The lowest BCUT2D eigenvalue weighted by molar-refractivity contribution is -0.121. The van der Waals surface area contributed by atoms with Gasteiger partial charge in [-0.15, -0.1) is 0 Å². The summed E-state index contributed by atoms with van der Waals surface area (Å²) in [5.74, 6) is 0.755. The van der Waals surface area contributed by atoms with Crippen LogP contribution >= 0.6 is 27.5 Å². The Hall–Kier alpha value is -0.580. The Morgan fingerprint density at radius 3 is 2.65 bits per heavy atom. The minimum atomic E-state index is 0.0843. The third-order valence-electron chi connectivity index (χ3n) is 4.06. The van der Waals surface area contributed by atoms with Crippen molar-refractivity contribution in [1.29, 1.82) is 0 Å². The molecule has 0 aliphatic heterocycles. The molecule has 1 aliphatic carbocycles. The van der Waals surface area contributed by atoms with E-state index in [0.29, 0.717) is 10.9 Å². The number of carbonyl (C=O) groups is 1. The van der Waals surface area contributed by atoms with Crippen molar-refractivity contribution in [2.24, 2.45) is 17.6 Å². The predicted octanol–water partition coefficient (Wildman–Crippen LogP) is 4.11. The summed E-state index contributed by atoms with van der Waals surface area (Å²) in [6.07, 6.45) is 3.94. The molecule has 3 N–H and O–H groups in total. The number of anilines is 1. The van der Waals surface area contributed by atoms with Crippen molar-refractivity contribution in [1.82, 2.24) is 0 Å². The van der Waals surface area contributed by atoms with E-state index in [2.05, 4.69) is 21.2 Å². The first kappa shape index (κ1) is 15.8. The van der Waals surface area contributed by atoms with E-state index >= 15 is 0 Å². The molecule has 0 heterocycles. The fourth-order valence-corrected chi connectivity index (χ4v) is 3.36. The SMILES string of the molecule is Cc1cc(Br)c(NC(=O)C2CCC(CN)CC2)cc1Cl.